The second-order valence-electron chi connectivity index (χ2n) is 7.16. The Morgan fingerprint density at radius 2 is 1.78 bits per heavy atom. The van der Waals surface area contributed by atoms with Gasteiger partial charge >= 0.3 is 0 Å². The molecule has 0 aliphatic carbocycles. The van der Waals surface area contributed by atoms with Crippen LogP contribution in [0.3, 0.4) is 0 Å². The molecule has 0 saturated carbocycles. The summed E-state index contributed by atoms with van der Waals surface area (Å²) in [6, 6.07) is 24.7. The Bertz CT molecular complexity index is 1400. The highest BCUT2D eigenvalue weighted by Crippen LogP contribution is 2.22. The van der Waals surface area contributed by atoms with E-state index in [-0.39, 0.29) is 5.91 Å². The molecule has 5 rings (SSSR count). The Morgan fingerprint density at radius 1 is 0.906 bits per heavy atom. The van der Waals surface area contributed by atoms with E-state index in [2.05, 4.69) is 36.4 Å². The minimum atomic E-state index is -0.0695. The van der Waals surface area contributed by atoms with Gasteiger partial charge in [0.15, 0.2) is 5.65 Å². The summed E-state index contributed by atoms with van der Waals surface area (Å²) < 4.78 is 2.64. The number of fused-ring (bicyclic) bond motifs is 1. The number of amides is 1. The molecular formula is C24H17BrN6O. The summed E-state index contributed by atoms with van der Waals surface area (Å²) in [6.07, 6.45) is 2.02. The molecule has 156 valence electrons. The van der Waals surface area contributed by atoms with Gasteiger partial charge in [-0.2, -0.15) is 9.61 Å². The number of aromatic nitrogens is 5. The fraction of sp³-hybridized carbons (Fsp3) is 0.0417. The van der Waals surface area contributed by atoms with E-state index in [9.17, 15) is 4.79 Å². The number of rotatable bonds is 5. The zero-order valence-electron chi connectivity index (χ0n) is 16.8. The van der Waals surface area contributed by atoms with Gasteiger partial charge in [0.05, 0.1) is 12.1 Å². The van der Waals surface area contributed by atoms with Gasteiger partial charge < -0.3 is 5.32 Å². The molecule has 0 atom stereocenters. The SMILES string of the molecule is O=C(Cc1cccc(Br)c1)Nc1ccc(-c2ccc3nnc(-c4ccccn4)n3n2)cc1. The molecule has 0 aliphatic heterocycles. The number of benzene rings is 2. The number of carbonyl (C=O) groups excluding carboxylic acids is 1. The standard InChI is InChI=1S/C24H17BrN6O/c25-18-5-3-4-16(14-18)15-23(32)27-19-9-7-17(8-10-19)20-11-12-22-28-29-24(31(22)30-20)21-6-1-2-13-26-21/h1-14H,15H2,(H,27,32). The van der Waals surface area contributed by atoms with Crippen molar-refractivity contribution in [3.8, 4) is 22.8 Å². The van der Waals surface area contributed by atoms with Crippen LogP contribution in [0.1, 0.15) is 5.56 Å². The number of hydrogen-bond acceptors (Lipinski definition) is 5. The molecule has 32 heavy (non-hydrogen) atoms. The maximum absolute atomic E-state index is 12.4. The van der Waals surface area contributed by atoms with Crippen molar-refractivity contribution >= 4 is 33.2 Å². The summed E-state index contributed by atoms with van der Waals surface area (Å²) in [7, 11) is 0. The largest absolute Gasteiger partial charge is 0.326 e. The molecule has 3 heterocycles. The van der Waals surface area contributed by atoms with Crippen LogP contribution in [-0.2, 0) is 11.2 Å². The maximum atomic E-state index is 12.4. The van der Waals surface area contributed by atoms with Gasteiger partial charge in [0.1, 0.15) is 5.69 Å². The molecule has 1 N–H and O–H groups in total. The maximum Gasteiger partial charge on any atom is 0.228 e. The van der Waals surface area contributed by atoms with E-state index in [0.29, 0.717) is 23.6 Å². The summed E-state index contributed by atoms with van der Waals surface area (Å²) in [5.74, 6) is 0.513. The molecule has 0 unspecified atom stereocenters. The molecule has 0 fully saturated rings. The van der Waals surface area contributed by atoms with Crippen molar-refractivity contribution in [2.24, 2.45) is 0 Å². The molecule has 0 aliphatic rings. The Labute approximate surface area is 192 Å². The van der Waals surface area contributed by atoms with Crippen molar-refractivity contribution in [3.05, 3.63) is 95.1 Å². The van der Waals surface area contributed by atoms with E-state index >= 15 is 0 Å². The van der Waals surface area contributed by atoms with Crippen molar-refractivity contribution < 1.29 is 4.79 Å². The van der Waals surface area contributed by atoms with Crippen LogP contribution in [0.25, 0.3) is 28.4 Å². The Hall–Kier alpha value is -3.91. The fourth-order valence-electron chi connectivity index (χ4n) is 3.36. The normalized spacial score (nSPS) is 10.9. The second kappa shape index (κ2) is 8.68. The van der Waals surface area contributed by atoms with E-state index in [0.717, 1.165) is 27.0 Å². The van der Waals surface area contributed by atoms with E-state index < -0.39 is 0 Å². The Balaban J connectivity index is 1.35. The number of pyridine rings is 1. The molecule has 0 saturated heterocycles. The van der Waals surface area contributed by atoms with Crippen LogP contribution < -0.4 is 5.32 Å². The van der Waals surface area contributed by atoms with Crippen LogP contribution in [0.15, 0.2) is 89.5 Å². The Morgan fingerprint density at radius 3 is 2.56 bits per heavy atom. The third-order valence-corrected chi connectivity index (χ3v) is 5.37. The average molecular weight is 485 g/mol. The number of carbonyl (C=O) groups is 1. The third kappa shape index (κ3) is 4.26. The molecule has 5 aromatic rings. The van der Waals surface area contributed by atoms with Gasteiger partial charge in [-0.1, -0.05) is 46.3 Å². The molecule has 0 spiro atoms. The van der Waals surface area contributed by atoms with E-state index in [1.807, 2.05) is 78.9 Å². The van der Waals surface area contributed by atoms with Gasteiger partial charge in [-0.3, -0.25) is 9.78 Å². The van der Waals surface area contributed by atoms with Gasteiger partial charge in [0.25, 0.3) is 0 Å². The zero-order valence-corrected chi connectivity index (χ0v) is 18.4. The van der Waals surface area contributed by atoms with Gasteiger partial charge in [0, 0.05) is 21.9 Å². The summed E-state index contributed by atoms with van der Waals surface area (Å²) in [6.45, 7) is 0. The second-order valence-corrected chi connectivity index (χ2v) is 8.08. The van der Waals surface area contributed by atoms with Crippen molar-refractivity contribution in [2.75, 3.05) is 5.32 Å². The minimum Gasteiger partial charge on any atom is -0.326 e. The molecule has 7 nitrogen and oxygen atoms in total. The fourth-order valence-corrected chi connectivity index (χ4v) is 3.81. The van der Waals surface area contributed by atoms with Crippen molar-refractivity contribution in [3.63, 3.8) is 0 Å². The zero-order chi connectivity index (χ0) is 21.9. The van der Waals surface area contributed by atoms with Gasteiger partial charge in [-0.25, -0.2) is 0 Å². The topological polar surface area (TPSA) is 85.1 Å². The molecular weight excluding hydrogens is 468 g/mol. The molecule has 8 heteroatoms. The molecule has 0 bridgehead atoms. The number of nitrogens with one attached hydrogen (secondary N) is 1. The minimum absolute atomic E-state index is 0.0695. The first kappa shape index (κ1) is 20.0. The Kier molecular flexibility index (Phi) is 5.43. The monoisotopic (exact) mass is 484 g/mol. The lowest BCUT2D eigenvalue weighted by molar-refractivity contribution is -0.115. The highest BCUT2D eigenvalue weighted by atomic mass is 79.9. The van der Waals surface area contributed by atoms with Gasteiger partial charge in [-0.05, 0) is 54.1 Å². The van der Waals surface area contributed by atoms with Crippen molar-refractivity contribution in [1.82, 2.24) is 24.8 Å². The van der Waals surface area contributed by atoms with Gasteiger partial charge in [0.2, 0.25) is 11.7 Å². The summed E-state index contributed by atoms with van der Waals surface area (Å²) in [5.41, 5.74) is 4.70. The summed E-state index contributed by atoms with van der Waals surface area (Å²) in [5, 5.41) is 16.0. The number of hydrogen-bond donors (Lipinski definition) is 1. The van der Waals surface area contributed by atoms with E-state index in [1.54, 1.807) is 10.7 Å². The number of anilines is 1. The first-order valence-electron chi connectivity index (χ1n) is 9.94. The van der Waals surface area contributed by atoms with Crippen molar-refractivity contribution in [2.45, 2.75) is 6.42 Å². The van der Waals surface area contributed by atoms with E-state index in [1.165, 1.54) is 0 Å². The lowest BCUT2D eigenvalue weighted by Gasteiger charge is -2.07. The highest BCUT2D eigenvalue weighted by molar-refractivity contribution is 9.10. The van der Waals surface area contributed by atoms with Crippen LogP contribution in [-0.4, -0.2) is 30.7 Å². The molecule has 3 aromatic heterocycles. The quantitative estimate of drug-likeness (QED) is 0.387. The highest BCUT2D eigenvalue weighted by Gasteiger charge is 2.12. The lowest BCUT2D eigenvalue weighted by atomic mass is 10.1. The average Bonchev–Trinajstić information content (AvgIpc) is 3.23. The summed E-state index contributed by atoms with van der Waals surface area (Å²) >= 11 is 3.43. The van der Waals surface area contributed by atoms with Crippen LogP contribution in [0.2, 0.25) is 0 Å². The van der Waals surface area contributed by atoms with E-state index in [4.69, 9.17) is 5.10 Å². The third-order valence-electron chi connectivity index (χ3n) is 4.87. The number of halogens is 1. The predicted octanol–water partition coefficient (Wildman–Crippen LogP) is 4.80. The first-order chi connectivity index (χ1) is 15.7. The predicted molar refractivity (Wildman–Crippen MR) is 126 cm³/mol. The van der Waals surface area contributed by atoms with Gasteiger partial charge in [-0.15, -0.1) is 10.2 Å². The molecule has 2 aromatic carbocycles. The van der Waals surface area contributed by atoms with Crippen LogP contribution in [0.5, 0.6) is 0 Å². The van der Waals surface area contributed by atoms with Crippen LogP contribution in [0, 0.1) is 0 Å². The smallest absolute Gasteiger partial charge is 0.228 e. The van der Waals surface area contributed by atoms with Crippen molar-refractivity contribution in [1.29, 1.82) is 0 Å². The van der Waals surface area contributed by atoms with Crippen LogP contribution >= 0.6 is 15.9 Å². The molecule has 1 amide bonds. The molecule has 0 radical (unpaired) electrons. The first-order valence-corrected chi connectivity index (χ1v) is 10.7. The lowest BCUT2D eigenvalue weighted by Crippen LogP contribution is -2.14. The number of nitrogens with zero attached hydrogens (tertiary/aromatic N) is 5. The summed E-state index contributed by atoms with van der Waals surface area (Å²) in [4.78, 5) is 16.7. The van der Waals surface area contributed by atoms with Crippen LogP contribution in [0.4, 0.5) is 5.69 Å².